The molecule has 1 saturated heterocycles. The van der Waals surface area contributed by atoms with E-state index in [9.17, 15) is 13.6 Å². The van der Waals surface area contributed by atoms with Crippen LogP contribution in [0.2, 0.25) is 0 Å². The zero-order valence-corrected chi connectivity index (χ0v) is 11.5. The van der Waals surface area contributed by atoms with Crippen LogP contribution in [0.3, 0.4) is 0 Å². The van der Waals surface area contributed by atoms with E-state index < -0.39 is 17.7 Å². The fourth-order valence-electron chi connectivity index (χ4n) is 2.21. The summed E-state index contributed by atoms with van der Waals surface area (Å²) >= 11 is 0. The summed E-state index contributed by atoms with van der Waals surface area (Å²) in [5.74, 6) is -1.93. The summed E-state index contributed by atoms with van der Waals surface area (Å²) in [5.41, 5.74) is 0. The number of hydrogen-bond acceptors (Lipinski definition) is 3. The standard InChI is InChI=1S/C14H18F2N2O2/c1-9-8-17-5-6-18(9)14(19)10(2)20-11-3-4-12(15)13(16)7-11/h3-4,7,9-10,17H,5-6,8H2,1-2H3. The minimum atomic E-state index is -0.988. The predicted octanol–water partition coefficient (Wildman–Crippen LogP) is 1.55. The van der Waals surface area contributed by atoms with Crippen LogP contribution in [0.1, 0.15) is 13.8 Å². The van der Waals surface area contributed by atoms with Crippen LogP contribution in [0.15, 0.2) is 18.2 Å². The van der Waals surface area contributed by atoms with Crippen molar-refractivity contribution < 1.29 is 18.3 Å². The van der Waals surface area contributed by atoms with Crippen molar-refractivity contribution in [3.63, 3.8) is 0 Å². The Hall–Kier alpha value is -1.69. The maximum Gasteiger partial charge on any atom is 0.263 e. The molecule has 20 heavy (non-hydrogen) atoms. The van der Waals surface area contributed by atoms with Gasteiger partial charge in [-0.15, -0.1) is 0 Å². The van der Waals surface area contributed by atoms with Gasteiger partial charge in [-0.1, -0.05) is 0 Å². The Bertz CT molecular complexity index is 496. The van der Waals surface area contributed by atoms with E-state index in [1.54, 1.807) is 11.8 Å². The van der Waals surface area contributed by atoms with Crippen LogP contribution in [0, 0.1) is 11.6 Å². The van der Waals surface area contributed by atoms with Crippen LogP contribution in [0.25, 0.3) is 0 Å². The van der Waals surface area contributed by atoms with Gasteiger partial charge >= 0.3 is 0 Å². The van der Waals surface area contributed by atoms with Crippen molar-refractivity contribution in [2.24, 2.45) is 0 Å². The van der Waals surface area contributed by atoms with E-state index in [2.05, 4.69) is 5.32 Å². The van der Waals surface area contributed by atoms with Gasteiger partial charge in [0.1, 0.15) is 5.75 Å². The first-order chi connectivity index (χ1) is 9.49. The van der Waals surface area contributed by atoms with E-state index in [1.165, 1.54) is 6.07 Å². The second kappa shape index (κ2) is 6.17. The number of amides is 1. The Labute approximate surface area is 116 Å². The highest BCUT2D eigenvalue weighted by Gasteiger charge is 2.28. The predicted molar refractivity (Wildman–Crippen MR) is 70.5 cm³/mol. The van der Waals surface area contributed by atoms with Gasteiger partial charge in [-0.05, 0) is 26.0 Å². The minimum Gasteiger partial charge on any atom is -0.481 e. The summed E-state index contributed by atoms with van der Waals surface area (Å²) in [5, 5.41) is 3.20. The van der Waals surface area contributed by atoms with Gasteiger partial charge in [0.2, 0.25) is 0 Å². The molecule has 0 aromatic heterocycles. The van der Waals surface area contributed by atoms with Crippen LogP contribution in [-0.2, 0) is 4.79 Å². The number of nitrogens with zero attached hydrogens (tertiary/aromatic N) is 1. The number of nitrogens with one attached hydrogen (secondary N) is 1. The third-order valence-corrected chi connectivity index (χ3v) is 3.34. The summed E-state index contributed by atoms with van der Waals surface area (Å²) < 4.78 is 31.3. The fourth-order valence-corrected chi connectivity index (χ4v) is 2.21. The summed E-state index contributed by atoms with van der Waals surface area (Å²) in [6.07, 6.45) is -0.736. The number of piperazine rings is 1. The summed E-state index contributed by atoms with van der Waals surface area (Å²) in [4.78, 5) is 14.0. The molecule has 2 atom stereocenters. The van der Waals surface area contributed by atoms with Gasteiger partial charge in [0, 0.05) is 31.7 Å². The number of carbonyl (C=O) groups is 1. The van der Waals surface area contributed by atoms with Crippen LogP contribution in [0.4, 0.5) is 8.78 Å². The molecule has 1 aromatic carbocycles. The van der Waals surface area contributed by atoms with Gasteiger partial charge in [-0.25, -0.2) is 8.78 Å². The largest absolute Gasteiger partial charge is 0.481 e. The fraction of sp³-hybridized carbons (Fsp3) is 0.500. The Morgan fingerprint density at radius 1 is 1.45 bits per heavy atom. The number of hydrogen-bond donors (Lipinski definition) is 1. The molecule has 110 valence electrons. The second-order valence-corrected chi connectivity index (χ2v) is 4.92. The highest BCUT2D eigenvalue weighted by molar-refractivity contribution is 5.81. The lowest BCUT2D eigenvalue weighted by Gasteiger charge is -2.35. The molecule has 1 heterocycles. The van der Waals surface area contributed by atoms with Crippen molar-refractivity contribution in [1.29, 1.82) is 0 Å². The average Bonchev–Trinajstić information content (AvgIpc) is 2.42. The number of rotatable bonds is 3. The quantitative estimate of drug-likeness (QED) is 0.915. The molecule has 1 aliphatic rings. The van der Waals surface area contributed by atoms with Crippen molar-refractivity contribution in [2.45, 2.75) is 26.0 Å². The van der Waals surface area contributed by atoms with Crippen LogP contribution in [-0.4, -0.2) is 42.6 Å². The molecule has 1 aliphatic heterocycles. The molecular formula is C14H18F2N2O2. The summed E-state index contributed by atoms with van der Waals surface area (Å²) in [6, 6.07) is 3.33. The molecule has 0 aliphatic carbocycles. The van der Waals surface area contributed by atoms with Crippen LogP contribution >= 0.6 is 0 Å². The van der Waals surface area contributed by atoms with E-state index in [0.717, 1.165) is 25.2 Å². The van der Waals surface area contributed by atoms with Crippen LogP contribution in [0.5, 0.6) is 5.75 Å². The Balaban J connectivity index is 2.01. The van der Waals surface area contributed by atoms with Gasteiger partial charge in [-0.3, -0.25) is 4.79 Å². The molecule has 2 rings (SSSR count). The molecular weight excluding hydrogens is 266 g/mol. The smallest absolute Gasteiger partial charge is 0.263 e. The molecule has 0 saturated carbocycles. The van der Waals surface area contributed by atoms with E-state index in [1.807, 2.05) is 6.92 Å². The Morgan fingerprint density at radius 2 is 2.20 bits per heavy atom. The number of halogens is 2. The molecule has 4 nitrogen and oxygen atoms in total. The van der Waals surface area contributed by atoms with Gasteiger partial charge in [0.15, 0.2) is 17.7 Å². The first-order valence-corrected chi connectivity index (χ1v) is 6.62. The van der Waals surface area contributed by atoms with Gasteiger partial charge in [-0.2, -0.15) is 0 Å². The molecule has 6 heteroatoms. The van der Waals surface area contributed by atoms with Crippen molar-refractivity contribution in [3.05, 3.63) is 29.8 Å². The minimum absolute atomic E-state index is 0.0900. The zero-order valence-electron chi connectivity index (χ0n) is 11.5. The summed E-state index contributed by atoms with van der Waals surface area (Å²) in [7, 11) is 0. The zero-order chi connectivity index (χ0) is 14.7. The maximum absolute atomic E-state index is 13.1. The van der Waals surface area contributed by atoms with Gasteiger partial charge < -0.3 is 15.0 Å². The highest BCUT2D eigenvalue weighted by Crippen LogP contribution is 2.18. The number of benzene rings is 1. The molecule has 2 unspecified atom stereocenters. The van der Waals surface area contributed by atoms with Gasteiger partial charge in [0.05, 0.1) is 0 Å². The first-order valence-electron chi connectivity index (χ1n) is 6.62. The lowest BCUT2D eigenvalue weighted by Crippen LogP contribution is -2.55. The number of carbonyl (C=O) groups excluding carboxylic acids is 1. The SMILES string of the molecule is CC(Oc1ccc(F)c(F)c1)C(=O)N1CCNCC1C. The van der Waals surface area contributed by atoms with E-state index in [-0.39, 0.29) is 17.7 Å². The molecule has 0 bridgehead atoms. The third kappa shape index (κ3) is 3.25. The monoisotopic (exact) mass is 284 g/mol. The number of ether oxygens (including phenoxy) is 1. The van der Waals surface area contributed by atoms with Crippen molar-refractivity contribution in [3.8, 4) is 5.75 Å². The van der Waals surface area contributed by atoms with Crippen molar-refractivity contribution in [2.75, 3.05) is 19.6 Å². The highest BCUT2D eigenvalue weighted by atomic mass is 19.2. The van der Waals surface area contributed by atoms with Gasteiger partial charge in [0.25, 0.3) is 5.91 Å². The Morgan fingerprint density at radius 3 is 2.85 bits per heavy atom. The molecule has 1 N–H and O–H groups in total. The second-order valence-electron chi connectivity index (χ2n) is 4.92. The molecule has 0 spiro atoms. The first kappa shape index (κ1) is 14.7. The topological polar surface area (TPSA) is 41.6 Å². The van der Waals surface area contributed by atoms with Crippen LogP contribution < -0.4 is 10.1 Å². The Kier molecular flexibility index (Phi) is 4.54. The normalized spacial score (nSPS) is 20.6. The van der Waals surface area contributed by atoms with Crippen molar-refractivity contribution in [1.82, 2.24) is 10.2 Å². The maximum atomic E-state index is 13.1. The lowest BCUT2D eigenvalue weighted by atomic mass is 10.2. The van der Waals surface area contributed by atoms with E-state index >= 15 is 0 Å². The average molecular weight is 284 g/mol. The molecule has 1 aromatic rings. The van der Waals surface area contributed by atoms with E-state index in [4.69, 9.17) is 4.74 Å². The summed E-state index contributed by atoms with van der Waals surface area (Å²) in [6.45, 7) is 5.66. The molecule has 0 radical (unpaired) electrons. The third-order valence-electron chi connectivity index (χ3n) is 3.34. The lowest BCUT2D eigenvalue weighted by molar-refractivity contribution is -0.140. The molecule has 1 amide bonds. The molecule has 1 fully saturated rings. The van der Waals surface area contributed by atoms with E-state index in [0.29, 0.717) is 6.54 Å². The van der Waals surface area contributed by atoms with Crippen molar-refractivity contribution >= 4 is 5.91 Å².